The van der Waals surface area contributed by atoms with Gasteiger partial charge in [-0.2, -0.15) is 12.1 Å². The second-order valence-electron chi connectivity index (χ2n) is 14.3. The molecule has 0 N–H and O–H groups in total. The summed E-state index contributed by atoms with van der Waals surface area (Å²) in [5.74, 6) is 0. The van der Waals surface area contributed by atoms with Crippen LogP contribution in [0.15, 0.2) is 170 Å². The van der Waals surface area contributed by atoms with Crippen LogP contribution in [0.25, 0.3) is 86.9 Å². The van der Waals surface area contributed by atoms with Crippen molar-refractivity contribution in [3.8, 4) is 22.3 Å². The van der Waals surface area contributed by atoms with Crippen molar-refractivity contribution in [2.24, 2.45) is 0 Å². The summed E-state index contributed by atoms with van der Waals surface area (Å²) in [5, 5.41) is 15.9. The van der Waals surface area contributed by atoms with Gasteiger partial charge in [0.25, 0.3) is 0 Å². The molecule has 0 amide bonds. The molecule has 0 spiro atoms. The van der Waals surface area contributed by atoms with E-state index in [4.69, 9.17) is 17.0 Å². The normalized spacial score (nSPS) is 11.1. The van der Waals surface area contributed by atoms with Crippen molar-refractivity contribution in [2.45, 2.75) is 26.9 Å². The molecule has 0 saturated carbocycles. The van der Waals surface area contributed by atoms with E-state index in [1.165, 1.54) is 98.0 Å². The van der Waals surface area contributed by atoms with Gasteiger partial charge in [0.15, 0.2) is 0 Å². The molecule has 264 valence electrons. The van der Waals surface area contributed by atoms with Crippen LogP contribution in [0, 0.1) is 13.8 Å². The van der Waals surface area contributed by atoms with Crippen LogP contribution in [0.1, 0.15) is 11.1 Å². The molecule has 10 aromatic carbocycles. The fourth-order valence-corrected chi connectivity index (χ4v) is 7.79. The van der Waals surface area contributed by atoms with E-state index < -0.39 is 18.0 Å². The van der Waals surface area contributed by atoms with Gasteiger partial charge in [-0.25, -0.2) is 0 Å². The Kier molecular flexibility index (Phi) is 10.7. The SMILES string of the molecule is C[Si](C)=[Zr]([Cl])[Cl].Cc1cc2c(-c3cc4ccccc4c4ccccc34)cccc2[cH-]1.Cc1cc2c(-c3cc4ccccc4c4ccccc34)cccc2[cH-]1. The fraction of sp³-hybridized carbons (Fsp3) is 0.0800. The largest absolute Gasteiger partial charge is 0.165 e. The number of hydrogen-bond donors (Lipinski definition) is 0. The molecule has 0 fully saturated rings. The van der Waals surface area contributed by atoms with Crippen LogP contribution in [0.2, 0.25) is 13.1 Å². The van der Waals surface area contributed by atoms with Gasteiger partial charge in [-0.05, 0) is 66.3 Å². The number of benzene rings is 8. The summed E-state index contributed by atoms with van der Waals surface area (Å²) in [6.45, 7) is 8.67. The zero-order chi connectivity index (χ0) is 37.3. The fourth-order valence-electron chi connectivity index (χ4n) is 7.79. The summed E-state index contributed by atoms with van der Waals surface area (Å²) in [6, 6.07) is 61.9. The zero-order valence-electron chi connectivity index (χ0n) is 30.9. The molecule has 0 heterocycles. The molecule has 0 saturated heterocycles. The first-order chi connectivity index (χ1) is 26.3. The average molecular weight is 831 g/mol. The Labute approximate surface area is 332 Å². The van der Waals surface area contributed by atoms with Crippen molar-refractivity contribution < 1.29 is 18.0 Å². The molecule has 0 aliphatic heterocycles. The van der Waals surface area contributed by atoms with Gasteiger partial charge in [0, 0.05) is 0 Å². The Hall–Kier alpha value is -4.30. The van der Waals surface area contributed by atoms with Crippen molar-refractivity contribution in [3.63, 3.8) is 0 Å². The summed E-state index contributed by atoms with van der Waals surface area (Å²) in [7, 11) is 11.2. The standard InChI is InChI=1S/2C24H17.C2H6Si.2ClH.Zr/c2*1-16-13-17-8-6-12-22(23(17)14-16)24-15-18-7-2-3-9-19(18)20-10-4-5-11-21(20)24;1-3-2;;;/h2*2-15H,1H3;1-2H3;2*1H;/q2*-1;;;;+2/p-2. The van der Waals surface area contributed by atoms with Crippen molar-refractivity contribution in [1.29, 1.82) is 0 Å². The molecular weight excluding hydrogens is 791 g/mol. The summed E-state index contributed by atoms with van der Waals surface area (Å²) >= 11 is -1.65. The van der Waals surface area contributed by atoms with Crippen LogP contribution in [0.4, 0.5) is 0 Å². The number of rotatable bonds is 2. The zero-order valence-corrected chi connectivity index (χ0v) is 35.9. The van der Waals surface area contributed by atoms with Crippen molar-refractivity contribution >= 4 is 87.1 Å². The average Bonchev–Trinajstić information content (AvgIpc) is 3.78. The molecule has 0 nitrogen and oxygen atoms in total. The third-order valence-corrected chi connectivity index (χ3v) is 30.0. The van der Waals surface area contributed by atoms with Crippen molar-refractivity contribution in [2.75, 3.05) is 0 Å². The number of aryl methyl sites for hydroxylation is 2. The molecular formula is C50H40Cl2SiZr-2. The molecule has 0 atom stereocenters. The molecule has 0 radical (unpaired) electrons. The first-order valence-electron chi connectivity index (χ1n) is 18.4. The summed E-state index contributed by atoms with van der Waals surface area (Å²) in [5.41, 5.74) is 7.70. The third kappa shape index (κ3) is 7.26. The Morgan fingerprint density at radius 3 is 1.13 bits per heavy atom. The monoisotopic (exact) mass is 828 g/mol. The van der Waals surface area contributed by atoms with Gasteiger partial charge >= 0.3 is 53.5 Å². The molecule has 54 heavy (non-hydrogen) atoms. The molecule has 10 aromatic rings. The maximum atomic E-state index is 5.62. The maximum absolute atomic E-state index is 5.62. The molecule has 0 aliphatic rings. The minimum absolute atomic E-state index is 0.224. The van der Waals surface area contributed by atoms with Crippen molar-refractivity contribution in [1.82, 2.24) is 0 Å². The van der Waals surface area contributed by atoms with E-state index >= 15 is 0 Å². The molecule has 0 bridgehead atoms. The van der Waals surface area contributed by atoms with Gasteiger partial charge in [-0.3, -0.25) is 0 Å². The number of hydrogen-bond acceptors (Lipinski definition) is 0. The van der Waals surface area contributed by atoms with Crippen LogP contribution in [0.3, 0.4) is 0 Å². The Balaban J connectivity index is 0.000000134. The minimum atomic E-state index is -1.65. The quantitative estimate of drug-likeness (QED) is 0.0925. The van der Waals surface area contributed by atoms with E-state index in [-0.39, 0.29) is 5.43 Å². The Morgan fingerprint density at radius 1 is 0.389 bits per heavy atom. The molecule has 0 unspecified atom stereocenters. The van der Waals surface area contributed by atoms with Crippen LogP contribution in [0.5, 0.6) is 0 Å². The van der Waals surface area contributed by atoms with Crippen LogP contribution in [-0.4, -0.2) is 5.43 Å². The summed E-state index contributed by atoms with van der Waals surface area (Å²) in [6.07, 6.45) is 0. The van der Waals surface area contributed by atoms with Gasteiger partial charge in [-0.15, -0.1) is 69.1 Å². The second-order valence-corrected chi connectivity index (χ2v) is 37.3. The van der Waals surface area contributed by atoms with E-state index in [0.29, 0.717) is 0 Å². The van der Waals surface area contributed by atoms with E-state index in [1.807, 2.05) is 0 Å². The smallest absolute Gasteiger partial charge is 0.00995 e. The predicted molar refractivity (Wildman–Crippen MR) is 239 cm³/mol. The summed E-state index contributed by atoms with van der Waals surface area (Å²) < 4.78 is 0. The Morgan fingerprint density at radius 2 is 0.741 bits per heavy atom. The maximum Gasteiger partial charge on any atom is -0.00995 e. The van der Waals surface area contributed by atoms with Gasteiger partial charge in [0.05, 0.1) is 0 Å². The number of halogens is 2. The Bertz CT molecular complexity index is 2810. The van der Waals surface area contributed by atoms with Crippen LogP contribution < -0.4 is 0 Å². The van der Waals surface area contributed by atoms with Crippen LogP contribution in [-0.2, 0) is 18.0 Å². The van der Waals surface area contributed by atoms with Gasteiger partial charge < -0.3 is 0 Å². The van der Waals surface area contributed by atoms with Gasteiger partial charge in [0.2, 0.25) is 0 Å². The molecule has 10 rings (SSSR count). The third-order valence-electron chi connectivity index (χ3n) is 10.3. The van der Waals surface area contributed by atoms with E-state index in [0.717, 1.165) is 0 Å². The van der Waals surface area contributed by atoms with E-state index in [9.17, 15) is 0 Å². The minimum Gasteiger partial charge on any atom is -0.165 e. The van der Waals surface area contributed by atoms with Gasteiger partial charge in [-0.1, -0.05) is 134 Å². The predicted octanol–water partition coefficient (Wildman–Crippen LogP) is 15.8. The molecule has 0 aliphatic carbocycles. The van der Waals surface area contributed by atoms with E-state index in [2.05, 4.69) is 197 Å². The first-order valence-corrected chi connectivity index (χ1v) is 30.9. The van der Waals surface area contributed by atoms with Crippen LogP contribution >= 0.6 is 17.0 Å². The number of fused-ring (bicyclic) bond motifs is 8. The first kappa shape index (κ1) is 36.7. The second kappa shape index (κ2) is 15.8. The topological polar surface area (TPSA) is 0 Å². The molecule has 4 heteroatoms. The summed E-state index contributed by atoms with van der Waals surface area (Å²) in [4.78, 5) is 0. The van der Waals surface area contributed by atoms with Crippen molar-refractivity contribution in [3.05, 3.63) is 181 Å². The van der Waals surface area contributed by atoms with Gasteiger partial charge in [0.1, 0.15) is 0 Å². The van der Waals surface area contributed by atoms with E-state index in [1.54, 1.807) is 0 Å². The molecule has 0 aromatic heterocycles.